The lowest BCUT2D eigenvalue weighted by Gasteiger charge is -2.53. The lowest BCUT2D eigenvalue weighted by atomic mass is 9.69. The summed E-state index contributed by atoms with van der Waals surface area (Å²) in [6.07, 6.45) is 3.98. The van der Waals surface area contributed by atoms with Gasteiger partial charge in [-0.2, -0.15) is 0 Å². The number of rotatable bonds is 0. The van der Waals surface area contributed by atoms with Crippen LogP contribution < -0.4 is 0 Å². The number of carbonyl (C=O) groups is 1. The molecule has 0 saturated carbocycles. The molecule has 3 heteroatoms. The van der Waals surface area contributed by atoms with Gasteiger partial charge in [0.05, 0.1) is 12.1 Å². The molecule has 6 rings (SSSR count). The van der Waals surface area contributed by atoms with Crippen LogP contribution >= 0.6 is 0 Å². The maximum atomic E-state index is 12.7. The number of benzene rings is 1. The molecule has 4 aliphatic rings. The minimum absolute atomic E-state index is 0.101. The van der Waals surface area contributed by atoms with Gasteiger partial charge in [0.25, 0.3) is 0 Å². The Morgan fingerprint density at radius 3 is 3.00 bits per heavy atom. The van der Waals surface area contributed by atoms with Gasteiger partial charge in [-0.3, -0.25) is 9.69 Å². The normalized spacial score (nSPS) is 35.5. The Labute approximate surface area is 123 Å². The summed E-state index contributed by atoms with van der Waals surface area (Å²) < 4.78 is 0. The summed E-state index contributed by atoms with van der Waals surface area (Å²) in [4.78, 5) is 18.8. The molecule has 0 spiro atoms. The van der Waals surface area contributed by atoms with Crippen molar-refractivity contribution in [3.05, 3.63) is 47.2 Å². The first kappa shape index (κ1) is 11.8. The van der Waals surface area contributed by atoms with Gasteiger partial charge < -0.3 is 4.98 Å². The molecule has 2 aromatic rings. The molecule has 21 heavy (non-hydrogen) atoms. The number of piperidine rings is 3. The van der Waals surface area contributed by atoms with Crippen LogP contribution in [0.15, 0.2) is 35.9 Å². The van der Waals surface area contributed by atoms with E-state index in [1.165, 1.54) is 27.7 Å². The smallest absolute Gasteiger partial charge is 0.157 e. The number of Topliss-reactive ketones (excluding diaryl/α,β-unsaturated/α-hetero) is 1. The molecule has 0 radical (unpaired) electrons. The molecule has 4 bridgehead atoms. The van der Waals surface area contributed by atoms with Gasteiger partial charge in [0.1, 0.15) is 0 Å². The summed E-state index contributed by atoms with van der Waals surface area (Å²) in [5.74, 6) is 0.607. The monoisotopic (exact) mass is 278 g/mol. The van der Waals surface area contributed by atoms with E-state index in [0.29, 0.717) is 11.8 Å². The Bertz CT molecular complexity index is 801. The van der Waals surface area contributed by atoms with Crippen molar-refractivity contribution in [3.8, 4) is 0 Å². The Morgan fingerprint density at radius 2 is 2.14 bits per heavy atom. The highest BCUT2D eigenvalue weighted by molar-refractivity contribution is 5.94. The minimum atomic E-state index is 0.101. The summed E-state index contributed by atoms with van der Waals surface area (Å²) in [5, 5.41) is 1.31. The second-order valence-corrected chi connectivity index (χ2v) is 6.53. The Kier molecular flexibility index (Phi) is 2.16. The zero-order valence-corrected chi connectivity index (χ0v) is 12.1. The van der Waals surface area contributed by atoms with E-state index < -0.39 is 0 Å². The number of nitrogens with one attached hydrogen (secondary N) is 1. The third-order valence-electron chi connectivity index (χ3n) is 5.69. The van der Waals surface area contributed by atoms with Crippen LogP contribution in [0, 0.1) is 5.92 Å². The fraction of sp³-hybridized carbons (Fsp3) is 0.389. The fourth-order valence-corrected chi connectivity index (χ4v) is 4.68. The molecule has 2 unspecified atom stereocenters. The Balaban J connectivity index is 1.72. The second kappa shape index (κ2) is 3.86. The minimum Gasteiger partial charge on any atom is -0.357 e. The molecule has 4 aliphatic heterocycles. The average Bonchev–Trinajstić information content (AvgIpc) is 2.89. The van der Waals surface area contributed by atoms with Crippen molar-refractivity contribution in [2.45, 2.75) is 31.8 Å². The number of hydrogen-bond donors (Lipinski definition) is 1. The van der Waals surface area contributed by atoms with Gasteiger partial charge in [-0.15, -0.1) is 0 Å². The van der Waals surface area contributed by atoms with Crippen molar-refractivity contribution >= 4 is 16.7 Å². The van der Waals surface area contributed by atoms with Gasteiger partial charge in [-0.1, -0.05) is 24.3 Å². The molecule has 1 N–H and O–H groups in total. The molecule has 5 heterocycles. The van der Waals surface area contributed by atoms with Crippen LogP contribution in [-0.2, 0) is 11.2 Å². The van der Waals surface area contributed by atoms with Crippen molar-refractivity contribution < 1.29 is 4.79 Å². The summed E-state index contributed by atoms with van der Waals surface area (Å²) in [7, 11) is 0. The summed E-state index contributed by atoms with van der Waals surface area (Å²) in [5.41, 5.74) is 5.28. The van der Waals surface area contributed by atoms with Gasteiger partial charge >= 0.3 is 0 Å². The Hall–Kier alpha value is -1.87. The second-order valence-electron chi connectivity index (χ2n) is 6.53. The summed E-state index contributed by atoms with van der Waals surface area (Å²) in [6.45, 7) is 3.03. The average molecular weight is 278 g/mol. The number of allylic oxidation sites excluding steroid dienone is 1. The predicted molar refractivity (Wildman–Crippen MR) is 82.1 cm³/mol. The Morgan fingerprint density at radius 1 is 1.29 bits per heavy atom. The quantitative estimate of drug-likeness (QED) is 0.752. The fourth-order valence-electron chi connectivity index (χ4n) is 4.68. The topological polar surface area (TPSA) is 36.1 Å². The number of carbonyl (C=O) groups excluding carboxylic acids is 1. The van der Waals surface area contributed by atoms with Crippen LogP contribution in [0.25, 0.3) is 10.9 Å². The van der Waals surface area contributed by atoms with Crippen molar-refractivity contribution in [3.63, 3.8) is 0 Å². The van der Waals surface area contributed by atoms with Crippen LogP contribution in [0.4, 0.5) is 0 Å². The van der Waals surface area contributed by atoms with E-state index in [0.717, 1.165) is 19.4 Å². The van der Waals surface area contributed by atoms with E-state index in [1.54, 1.807) is 0 Å². The first-order valence-corrected chi connectivity index (χ1v) is 7.82. The molecular weight excluding hydrogens is 260 g/mol. The SMILES string of the molecule is C/C=C1/CN2[C@H]3Cc4c([nH]c5ccccc45)[C@@H]2CC1C3=O. The van der Waals surface area contributed by atoms with E-state index in [1.807, 2.05) is 0 Å². The number of H-pyrrole nitrogens is 1. The molecule has 4 atom stereocenters. The standard InChI is InChI=1S/C18H18N2O/c1-2-10-9-20-15-7-12(10)18(21)16(20)8-13-11-5-3-4-6-14(11)19-17(13)15/h2-6,12,15-16,19H,7-9H2,1H3/b10-2-/t12?,15-,16-/m0/s1. The highest BCUT2D eigenvalue weighted by Gasteiger charge is 2.52. The summed E-state index contributed by atoms with van der Waals surface area (Å²) >= 11 is 0. The van der Waals surface area contributed by atoms with Crippen molar-refractivity contribution in [1.29, 1.82) is 0 Å². The van der Waals surface area contributed by atoms with Crippen LogP contribution in [0.3, 0.4) is 0 Å². The van der Waals surface area contributed by atoms with Gasteiger partial charge in [0.15, 0.2) is 5.78 Å². The highest BCUT2D eigenvalue weighted by atomic mass is 16.1. The lowest BCUT2D eigenvalue weighted by molar-refractivity contribution is -0.137. The van der Waals surface area contributed by atoms with E-state index in [2.05, 4.69) is 47.1 Å². The maximum Gasteiger partial charge on any atom is 0.157 e. The zero-order valence-electron chi connectivity index (χ0n) is 12.1. The van der Waals surface area contributed by atoms with Crippen molar-refractivity contribution in [2.24, 2.45) is 5.92 Å². The van der Waals surface area contributed by atoms with Crippen LogP contribution in [0.1, 0.15) is 30.6 Å². The molecular formula is C18H18N2O. The van der Waals surface area contributed by atoms with Crippen molar-refractivity contribution in [2.75, 3.05) is 6.54 Å². The first-order valence-electron chi connectivity index (χ1n) is 7.82. The number of para-hydroxylation sites is 1. The van der Waals surface area contributed by atoms with Crippen molar-refractivity contribution in [1.82, 2.24) is 9.88 Å². The number of aromatic nitrogens is 1. The number of aromatic amines is 1. The number of nitrogens with zero attached hydrogens (tertiary/aromatic N) is 1. The maximum absolute atomic E-state index is 12.7. The highest BCUT2D eigenvalue weighted by Crippen LogP contribution is 2.50. The molecule has 1 aromatic carbocycles. The third kappa shape index (κ3) is 1.35. The van der Waals surface area contributed by atoms with Gasteiger partial charge in [0.2, 0.25) is 0 Å². The number of hydrogen-bond acceptors (Lipinski definition) is 2. The third-order valence-corrected chi connectivity index (χ3v) is 5.69. The molecule has 0 aliphatic carbocycles. The lowest BCUT2D eigenvalue weighted by Crippen LogP contribution is -2.60. The molecule has 3 nitrogen and oxygen atoms in total. The molecule has 0 amide bonds. The molecule has 3 saturated heterocycles. The molecule has 1 aromatic heterocycles. The van der Waals surface area contributed by atoms with E-state index in [4.69, 9.17) is 0 Å². The van der Waals surface area contributed by atoms with E-state index in [-0.39, 0.29) is 12.0 Å². The van der Waals surface area contributed by atoms with Gasteiger partial charge in [-0.25, -0.2) is 0 Å². The van der Waals surface area contributed by atoms with Crippen LogP contribution in [-0.4, -0.2) is 28.3 Å². The van der Waals surface area contributed by atoms with Gasteiger partial charge in [-0.05, 0) is 37.0 Å². The van der Waals surface area contributed by atoms with Crippen LogP contribution in [0.2, 0.25) is 0 Å². The largest absolute Gasteiger partial charge is 0.357 e. The number of ketones is 1. The zero-order chi connectivity index (χ0) is 14.1. The summed E-state index contributed by atoms with van der Waals surface area (Å²) in [6, 6.07) is 8.99. The van der Waals surface area contributed by atoms with E-state index in [9.17, 15) is 4.79 Å². The first-order chi connectivity index (χ1) is 10.3. The predicted octanol–water partition coefficient (Wildman–Crippen LogP) is 2.98. The van der Waals surface area contributed by atoms with Gasteiger partial charge in [0, 0.05) is 29.1 Å². The molecule has 3 fully saturated rings. The number of fused-ring (bicyclic) bond motifs is 4. The van der Waals surface area contributed by atoms with Crippen LogP contribution in [0.5, 0.6) is 0 Å². The molecule has 106 valence electrons. The van der Waals surface area contributed by atoms with E-state index >= 15 is 0 Å².